The molecule has 2 aromatic rings. The molecular formula is C15H15ClN2O. The van der Waals surface area contributed by atoms with E-state index in [1.165, 1.54) is 0 Å². The number of rotatable bonds is 5. The molecule has 0 spiro atoms. The Morgan fingerprint density at radius 3 is 2.42 bits per heavy atom. The fourth-order valence-corrected chi connectivity index (χ4v) is 1.88. The number of para-hydroxylation sites is 1. The Kier molecular flexibility index (Phi) is 4.95. The van der Waals surface area contributed by atoms with E-state index >= 15 is 0 Å². The lowest BCUT2D eigenvalue weighted by molar-refractivity contribution is -0.115. The Labute approximate surface area is 117 Å². The summed E-state index contributed by atoms with van der Waals surface area (Å²) in [7, 11) is 0. The van der Waals surface area contributed by atoms with Crippen LogP contribution >= 0.6 is 11.6 Å². The van der Waals surface area contributed by atoms with E-state index in [0.29, 0.717) is 11.6 Å². The summed E-state index contributed by atoms with van der Waals surface area (Å²) < 4.78 is 0. The van der Waals surface area contributed by atoms with Crippen LogP contribution in [0.5, 0.6) is 0 Å². The molecule has 19 heavy (non-hydrogen) atoms. The molecule has 2 rings (SSSR count). The van der Waals surface area contributed by atoms with Crippen LogP contribution in [0.1, 0.15) is 5.56 Å². The van der Waals surface area contributed by atoms with Gasteiger partial charge in [-0.2, -0.15) is 0 Å². The Hall–Kier alpha value is -1.84. The van der Waals surface area contributed by atoms with Crippen LogP contribution < -0.4 is 10.6 Å². The first kappa shape index (κ1) is 13.6. The summed E-state index contributed by atoms with van der Waals surface area (Å²) >= 11 is 6.03. The number of carbonyl (C=O) groups is 1. The van der Waals surface area contributed by atoms with Crippen molar-refractivity contribution < 1.29 is 4.79 Å². The van der Waals surface area contributed by atoms with Crippen LogP contribution in [-0.4, -0.2) is 12.5 Å². The van der Waals surface area contributed by atoms with Crippen molar-refractivity contribution >= 4 is 23.2 Å². The van der Waals surface area contributed by atoms with E-state index in [-0.39, 0.29) is 12.5 Å². The van der Waals surface area contributed by atoms with Crippen molar-refractivity contribution in [3.63, 3.8) is 0 Å². The number of hydrogen-bond donors (Lipinski definition) is 2. The van der Waals surface area contributed by atoms with Gasteiger partial charge in [-0.05, 0) is 23.8 Å². The third-order valence-corrected chi connectivity index (χ3v) is 2.99. The monoisotopic (exact) mass is 274 g/mol. The highest BCUT2D eigenvalue weighted by atomic mass is 35.5. The van der Waals surface area contributed by atoms with Gasteiger partial charge in [-0.25, -0.2) is 0 Å². The minimum Gasteiger partial charge on any atom is -0.325 e. The maximum absolute atomic E-state index is 11.7. The van der Waals surface area contributed by atoms with Gasteiger partial charge >= 0.3 is 0 Å². The van der Waals surface area contributed by atoms with Crippen molar-refractivity contribution in [3.05, 3.63) is 65.2 Å². The van der Waals surface area contributed by atoms with Crippen molar-refractivity contribution in [1.82, 2.24) is 5.32 Å². The van der Waals surface area contributed by atoms with Gasteiger partial charge in [0.15, 0.2) is 0 Å². The number of benzene rings is 2. The van der Waals surface area contributed by atoms with E-state index in [9.17, 15) is 4.79 Å². The Morgan fingerprint density at radius 1 is 1.00 bits per heavy atom. The highest BCUT2D eigenvalue weighted by Crippen LogP contribution is 2.14. The number of hydrogen-bond acceptors (Lipinski definition) is 2. The fourth-order valence-electron chi connectivity index (χ4n) is 1.68. The third kappa shape index (κ3) is 4.39. The van der Waals surface area contributed by atoms with Crippen molar-refractivity contribution in [2.75, 3.05) is 11.9 Å². The zero-order valence-electron chi connectivity index (χ0n) is 10.4. The lowest BCUT2D eigenvalue weighted by Crippen LogP contribution is -2.27. The van der Waals surface area contributed by atoms with Gasteiger partial charge < -0.3 is 10.6 Å². The summed E-state index contributed by atoms with van der Waals surface area (Å²) in [5.41, 5.74) is 1.78. The SMILES string of the molecule is O=C(CNCc1ccccc1Cl)Nc1ccccc1. The predicted octanol–water partition coefficient (Wildman–Crippen LogP) is 3.07. The first-order valence-corrected chi connectivity index (χ1v) is 6.42. The van der Waals surface area contributed by atoms with E-state index < -0.39 is 0 Å². The highest BCUT2D eigenvalue weighted by molar-refractivity contribution is 6.31. The quantitative estimate of drug-likeness (QED) is 0.880. The Bertz CT molecular complexity index is 543. The van der Waals surface area contributed by atoms with Crippen LogP contribution in [0, 0.1) is 0 Å². The third-order valence-electron chi connectivity index (χ3n) is 2.62. The van der Waals surface area contributed by atoms with Gasteiger partial charge in [-0.15, -0.1) is 0 Å². The largest absolute Gasteiger partial charge is 0.325 e. The number of carbonyl (C=O) groups excluding carboxylic acids is 1. The molecule has 0 heterocycles. The molecule has 1 amide bonds. The molecule has 0 bridgehead atoms. The molecule has 4 heteroatoms. The van der Waals surface area contributed by atoms with E-state index in [0.717, 1.165) is 11.3 Å². The lowest BCUT2D eigenvalue weighted by atomic mass is 10.2. The number of anilines is 1. The minimum absolute atomic E-state index is 0.0711. The molecule has 98 valence electrons. The first-order chi connectivity index (χ1) is 9.25. The van der Waals surface area contributed by atoms with Crippen molar-refractivity contribution in [2.45, 2.75) is 6.54 Å². The van der Waals surface area contributed by atoms with Gasteiger partial charge in [0.2, 0.25) is 5.91 Å². The standard InChI is InChI=1S/C15H15ClN2O/c16-14-9-5-4-6-12(14)10-17-11-15(19)18-13-7-2-1-3-8-13/h1-9,17H,10-11H2,(H,18,19). The molecule has 0 fully saturated rings. The van der Waals surface area contributed by atoms with Gasteiger partial charge in [-0.3, -0.25) is 4.79 Å². The molecule has 0 saturated heterocycles. The number of nitrogens with one attached hydrogen (secondary N) is 2. The van der Waals surface area contributed by atoms with Gasteiger partial charge in [0, 0.05) is 17.3 Å². The average Bonchev–Trinajstić information content (AvgIpc) is 2.42. The molecular weight excluding hydrogens is 260 g/mol. The molecule has 0 aliphatic rings. The molecule has 3 nitrogen and oxygen atoms in total. The maximum atomic E-state index is 11.7. The second kappa shape index (κ2) is 6.92. The maximum Gasteiger partial charge on any atom is 0.238 e. The Balaban J connectivity index is 1.77. The summed E-state index contributed by atoms with van der Waals surface area (Å²) in [5, 5.41) is 6.58. The van der Waals surface area contributed by atoms with Crippen LogP contribution in [0.3, 0.4) is 0 Å². The second-order valence-electron chi connectivity index (χ2n) is 4.11. The van der Waals surface area contributed by atoms with Crippen molar-refractivity contribution in [1.29, 1.82) is 0 Å². The highest BCUT2D eigenvalue weighted by Gasteiger charge is 2.02. The topological polar surface area (TPSA) is 41.1 Å². The normalized spacial score (nSPS) is 10.2. The molecule has 0 atom stereocenters. The molecule has 0 aliphatic heterocycles. The number of amides is 1. The van der Waals surface area contributed by atoms with E-state index in [2.05, 4.69) is 10.6 Å². The van der Waals surface area contributed by atoms with Gasteiger partial charge in [0.05, 0.1) is 6.54 Å². The molecule has 0 radical (unpaired) electrons. The van der Waals surface area contributed by atoms with Gasteiger partial charge in [0.25, 0.3) is 0 Å². The van der Waals surface area contributed by atoms with Crippen molar-refractivity contribution in [3.8, 4) is 0 Å². The van der Waals surface area contributed by atoms with E-state index in [1.807, 2.05) is 54.6 Å². The average molecular weight is 275 g/mol. The van der Waals surface area contributed by atoms with E-state index in [1.54, 1.807) is 0 Å². The minimum atomic E-state index is -0.0711. The molecule has 0 aliphatic carbocycles. The van der Waals surface area contributed by atoms with Crippen LogP contribution in [0.2, 0.25) is 5.02 Å². The molecule has 2 aromatic carbocycles. The molecule has 0 aromatic heterocycles. The molecule has 2 N–H and O–H groups in total. The van der Waals surface area contributed by atoms with E-state index in [4.69, 9.17) is 11.6 Å². The predicted molar refractivity (Wildman–Crippen MR) is 78.2 cm³/mol. The summed E-state index contributed by atoms with van der Waals surface area (Å²) in [6.45, 7) is 0.821. The van der Waals surface area contributed by atoms with Crippen LogP contribution in [0.15, 0.2) is 54.6 Å². The van der Waals surface area contributed by atoms with Crippen LogP contribution in [-0.2, 0) is 11.3 Å². The van der Waals surface area contributed by atoms with Crippen molar-refractivity contribution in [2.24, 2.45) is 0 Å². The summed E-state index contributed by atoms with van der Waals surface area (Å²) in [4.78, 5) is 11.7. The summed E-state index contributed by atoms with van der Waals surface area (Å²) in [6, 6.07) is 17.0. The number of halogens is 1. The Morgan fingerprint density at radius 2 is 1.68 bits per heavy atom. The molecule has 0 unspecified atom stereocenters. The second-order valence-corrected chi connectivity index (χ2v) is 4.52. The van der Waals surface area contributed by atoms with Gasteiger partial charge in [-0.1, -0.05) is 48.0 Å². The zero-order chi connectivity index (χ0) is 13.5. The fraction of sp³-hybridized carbons (Fsp3) is 0.133. The van der Waals surface area contributed by atoms with Gasteiger partial charge in [0.1, 0.15) is 0 Å². The van der Waals surface area contributed by atoms with Crippen LogP contribution in [0.25, 0.3) is 0 Å². The lowest BCUT2D eigenvalue weighted by Gasteiger charge is -2.07. The smallest absolute Gasteiger partial charge is 0.238 e. The first-order valence-electron chi connectivity index (χ1n) is 6.05. The summed E-state index contributed by atoms with van der Waals surface area (Å²) in [5.74, 6) is -0.0711. The van der Waals surface area contributed by atoms with Crippen LogP contribution in [0.4, 0.5) is 5.69 Å². The zero-order valence-corrected chi connectivity index (χ0v) is 11.2. The molecule has 0 saturated carbocycles. The summed E-state index contributed by atoms with van der Waals surface area (Å²) in [6.07, 6.45) is 0.